The lowest BCUT2D eigenvalue weighted by molar-refractivity contribution is -0.135. The Morgan fingerprint density at radius 1 is 0.939 bits per heavy atom. The number of ether oxygens (including phenoxy) is 1. The zero-order valence-electron chi connectivity index (χ0n) is 19.8. The Bertz CT molecular complexity index is 772. The van der Waals surface area contributed by atoms with E-state index in [0.29, 0.717) is 25.9 Å². The van der Waals surface area contributed by atoms with Gasteiger partial charge in [-0.05, 0) is 37.2 Å². The van der Waals surface area contributed by atoms with Crippen molar-refractivity contribution < 1.29 is 19.1 Å². The molecule has 4 amide bonds. The molecule has 1 saturated carbocycles. The number of alkyl carbamates (subject to hydrolysis) is 1. The number of carbonyl (C=O) groups is 3. The smallest absolute Gasteiger partial charge is 0.408 e. The fourth-order valence-electron chi connectivity index (χ4n) is 4.51. The zero-order chi connectivity index (χ0) is 23.6. The van der Waals surface area contributed by atoms with Crippen molar-refractivity contribution in [2.24, 2.45) is 5.92 Å². The summed E-state index contributed by atoms with van der Waals surface area (Å²) in [5.74, 6) is -0.175. The molecule has 1 aromatic carbocycles. The standard InChI is InChI=1S/C25H38N4O4/c1-18(2)22(28-25(32)33-17-19-9-5-3-6-10-19)23(30)29-15-13-21(14-16-29)27-24(31)26-20-11-7-4-8-12-20/h3,5-6,9-10,18,20-22H,4,7-8,11-17H2,1-2H3,(H,28,32)(H2,26,27,31)/t22-/m0/s1. The summed E-state index contributed by atoms with van der Waals surface area (Å²) in [6, 6.07) is 9.02. The van der Waals surface area contributed by atoms with Crippen molar-refractivity contribution in [3.63, 3.8) is 0 Å². The highest BCUT2D eigenvalue weighted by Gasteiger charge is 2.32. The molecule has 2 fully saturated rings. The second-order valence-corrected chi connectivity index (χ2v) is 9.48. The van der Waals surface area contributed by atoms with Gasteiger partial charge in [0.2, 0.25) is 5.91 Å². The number of urea groups is 1. The van der Waals surface area contributed by atoms with Crippen molar-refractivity contribution in [1.82, 2.24) is 20.9 Å². The van der Waals surface area contributed by atoms with Crippen molar-refractivity contribution in [2.75, 3.05) is 13.1 Å². The average Bonchev–Trinajstić information content (AvgIpc) is 2.82. The topological polar surface area (TPSA) is 99.8 Å². The summed E-state index contributed by atoms with van der Waals surface area (Å²) < 4.78 is 5.29. The van der Waals surface area contributed by atoms with Crippen LogP contribution in [0.3, 0.4) is 0 Å². The van der Waals surface area contributed by atoms with Crippen LogP contribution in [-0.4, -0.2) is 54.1 Å². The Morgan fingerprint density at radius 2 is 1.55 bits per heavy atom. The van der Waals surface area contributed by atoms with Crippen LogP contribution in [0.1, 0.15) is 64.4 Å². The van der Waals surface area contributed by atoms with E-state index >= 15 is 0 Å². The van der Waals surface area contributed by atoms with E-state index in [1.807, 2.05) is 44.2 Å². The van der Waals surface area contributed by atoms with Gasteiger partial charge in [0.15, 0.2) is 0 Å². The van der Waals surface area contributed by atoms with Crippen LogP contribution in [0.25, 0.3) is 0 Å². The van der Waals surface area contributed by atoms with E-state index in [9.17, 15) is 14.4 Å². The van der Waals surface area contributed by atoms with Crippen molar-refractivity contribution in [3.05, 3.63) is 35.9 Å². The Hall–Kier alpha value is -2.77. The highest BCUT2D eigenvalue weighted by molar-refractivity contribution is 5.86. The first-order chi connectivity index (χ1) is 15.9. The summed E-state index contributed by atoms with van der Waals surface area (Å²) in [6.07, 6.45) is 6.52. The number of rotatable bonds is 7. The maximum absolute atomic E-state index is 13.1. The minimum Gasteiger partial charge on any atom is -0.445 e. The minimum atomic E-state index is -0.646. The molecule has 8 heteroatoms. The number of likely N-dealkylation sites (tertiary alicyclic amines) is 1. The average molecular weight is 459 g/mol. The Morgan fingerprint density at radius 3 is 2.15 bits per heavy atom. The predicted octanol–water partition coefficient (Wildman–Crippen LogP) is 3.56. The maximum atomic E-state index is 13.1. The molecule has 1 aliphatic heterocycles. The molecule has 1 aromatic rings. The first-order valence-corrected chi connectivity index (χ1v) is 12.3. The fraction of sp³-hybridized carbons (Fsp3) is 0.640. The van der Waals surface area contributed by atoms with Gasteiger partial charge in [-0.3, -0.25) is 4.79 Å². The van der Waals surface area contributed by atoms with Crippen LogP contribution < -0.4 is 16.0 Å². The van der Waals surface area contributed by atoms with Gasteiger partial charge in [0.1, 0.15) is 12.6 Å². The van der Waals surface area contributed by atoms with Gasteiger partial charge in [-0.2, -0.15) is 0 Å². The van der Waals surface area contributed by atoms with Crippen LogP contribution >= 0.6 is 0 Å². The SMILES string of the molecule is CC(C)[C@H](NC(=O)OCc1ccccc1)C(=O)N1CCC(NC(=O)NC2CCCCC2)CC1. The van der Waals surface area contributed by atoms with Gasteiger partial charge >= 0.3 is 12.1 Å². The summed E-state index contributed by atoms with van der Waals surface area (Å²) in [4.78, 5) is 39.5. The van der Waals surface area contributed by atoms with Gasteiger partial charge in [-0.1, -0.05) is 63.4 Å². The molecule has 3 N–H and O–H groups in total. The van der Waals surface area contributed by atoms with Crippen LogP contribution in [-0.2, 0) is 16.1 Å². The molecule has 0 spiro atoms. The third kappa shape index (κ3) is 7.94. The molecule has 1 aliphatic carbocycles. The predicted molar refractivity (Wildman–Crippen MR) is 127 cm³/mol. The van der Waals surface area contributed by atoms with Gasteiger partial charge in [0, 0.05) is 25.2 Å². The lowest BCUT2D eigenvalue weighted by atomic mass is 9.96. The molecule has 8 nitrogen and oxygen atoms in total. The Labute approximate surface area is 196 Å². The van der Waals surface area contributed by atoms with E-state index in [4.69, 9.17) is 4.74 Å². The summed E-state index contributed by atoms with van der Waals surface area (Å²) in [7, 11) is 0. The summed E-state index contributed by atoms with van der Waals surface area (Å²) in [6.45, 7) is 5.08. The fourth-order valence-corrected chi connectivity index (χ4v) is 4.51. The van der Waals surface area contributed by atoms with Crippen molar-refractivity contribution in [1.29, 1.82) is 0 Å². The molecule has 1 heterocycles. The maximum Gasteiger partial charge on any atom is 0.408 e. The second-order valence-electron chi connectivity index (χ2n) is 9.48. The molecule has 1 saturated heterocycles. The van der Waals surface area contributed by atoms with Gasteiger partial charge < -0.3 is 25.6 Å². The number of nitrogens with zero attached hydrogens (tertiary/aromatic N) is 1. The number of piperidine rings is 1. The van der Waals surface area contributed by atoms with E-state index in [0.717, 1.165) is 18.4 Å². The zero-order valence-corrected chi connectivity index (χ0v) is 19.8. The van der Waals surface area contributed by atoms with Crippen LogP contribution in [0.4, 0.5) is 9.59 Å². The molecule has 0 bridgehead atoms. The summed E-state index contributed by atoms with van der Waals surface area (Å²) in [5, 5.41) is 8.89. The first-order valence-electron chi connectivity index (χ1n) is 12.3. The lowest BCUT2D eigenvalue weighted by Crippen LogP contribution is -2.55. The van der Waals surface area contributed by atoms with Crippen LogP contribution in [0.15, 0.2) is 30.3 Å². The molecular formula is C25H38N4O4. The number of benzene rings is 1. The van der Waals surface area contributed by atoms with E-state index < -0.39 is 12.1 Å². The monoisotopic (exact) mass is 458 g/mol. The summed E-state index contributed by atoms with van der Waals surface area (Å²) >= 11 is 0. The van der Waals surface area contributed by atoms with E-state index in [1.54, 1.807) is 4.90 Å². The number of hydrogen-bond acceptors (Lipinski definition) is 4. The Kier molecular flexibility index (Phi) is 9.39. The Balaban J connectivity index is 1.42. The molecule has 0 radical (unpaired) electrons. The minimum absolute atomic E-state index is 0.0546. The lowest BCUT2D eigenvalue weighted by Gasteiger charge is -2.35. The van der Waals surface area contributed by atoms with Gasteiger partial charge in [-0.15, -0.1) is 0 Å². The van der Waals surface area contributed by atoms with E-state index in [1.165, 1.54) is 19.3 Å². The number of hydrogen-bond donors (Lipinski definition) is 3. The normalized spacial score (nSPS) is 18.5. The molecule has 3 rings (SSSR count). The van der Waals surface area contributed by atoms with Crippen molar-refractivity contribution >= 4 is 18.0 Å². The van der Waals surface area contributed by atoms with Gasteiger partial charge in [0.05, 0.1) is 0 Å². The highest BCUT2D eigenvalue weighted by atomic mass is 16.5. The van der Waals surface area contributed by atoms with Crippen LogP contribution in [0.5, 0.6) is 0 Å². The second kappa shape index (κ2) is 12.5. The molecular weight excluding hydrogens is 420 g/mol. The largest absolute Gasteiger partial charge is 0.445 e. The third-order valence-corrected chi connectivity index (χ3v) is 6.50. The molecule has 0 aromatic heterocycles. The molecule has 182 valence electrons. The van der Waals surface area contributed by atoms with Gasteiger partial charge in [0.25, 0.3) is 0 Å². The first kappa shape index (κ1) is 24.9. The van der Waals surface area contributed by atoms with E-state index in [-0.39, 0.29) is 36.5 Å². The quantitative estimate of drug-likeness (QED) is 0.582. The highest BCUT2D eigenvalue weighted by Crippen LogP contribution is 2.18. The van der Waals surface area contributed by atoms with Crippen LogP contribution in [0.2, 0.25) is 0 Å². The molecule has 0 unspecified atom stereocenters. The van der Waals surface area contributed by atoms with E-state index in [2.05, 4.69) is 16.0 Å². The number of carbonyl (C=O) groups excluding carboxylic acids is 3. The molecule has 1 atom stereocenters. The third-order valence-electron chi connectivity index (χ3n) is 6.50. The summed E-state index contributed by atoms with van der Waals surface area (Å²) in [5.41, 5.74) is 0.891. The number of nitrogens with one attached hydrogen (secondary N) is 3. The van der Waals surface area contributed by atoms with Crippen LogP contribution in [0, 0.1) is 5.92 Å². The van der Waals surface area contributed by atoms with Crippen molar-refractivity contribution in [2.45, 2.75) is 83.5 Å². The van der Waals surface area contributed by atoms with Gasteiger partial charge in [-0.25, -0.2) is 9.59 Å². The van der Waals surface area contributed by atoms with Crippen molar-refractivity contribution in [3.8, 4) is 0 Å². The number of amides is 4. The molecule has 2 aliphatic rings. The molecule has 33 heavy (non-hydrogen) atoms.